The van der Waals surface area contributed by atoms with Gasteiger partial charge in [0.25, 0.3) is 0 Å². The lowest BCUT2D eigenvalue weighted by molar-refractivity contribution is 0.112. The summed E-state index contributed by atoms with van der Waals surface area (Å²) < 4.78 is 0. The van der Waals surface area contributed by atoms with Crippen LogP contribution in [0.4, 0.5) is 5.69 Å². The number of rotatable bonds is 3. The average molecular weight is 280 g/mol. The highest BCUT2D eigenvalue weighted by Crippen LogP contribution is 2.27. The average Bonchev–Trinajstić information content (AvgIpc) is 2.56. The summed E-state index contributed by atoms with van der Waals surface area (Å²) in [6.07, 6.45) is 0.937. The molecule has 1 fully saturated rings. The molecule has 2 aromatic carbocycles. The molecule has 0 unspecified atom stereocenters. The summed E-state index contributed by atoms with van der Waals surface area (Å²) in [6, 6.07) is 16.4. The SMILES string of the molecule is CN1CCN(c2cc(C=O)cc(-c3ccccc3)c2)CC1. The van der Waals surface area contributed by atoms with Crippen molar-refractivity contribution in [2.24, 2.45) is 0 Å². The zero-order valence-electron chi connectivity index (χ0n) is 12.3. The molecule has 1 aliphatic rings. The molecule has 0 amide bonds. The first-order valence-corrected chi connectivity index (χ1v) is 7.35. The number of carbonyl (C=O) groups is 1. The third-order valence-electron chi connectivity index (χ3n) is 4.05. The van der Waals surface area contributed by atoms with Gasteiger partial charge >= 0.3 is 0 Å². The highest BCUT2D eigenvalue weighted by Gasteiger charge is 2.15. The quantitative estimate of drug-likeness (QED) is 0.808. The van der Waals surface area contributed by atoms with Crippen molar-refractivity contribution in [3.63, 3.8) is 0 Å². The molecule has 0 spiro atoms. The molecule has 0 aliphatic carbocycles. The second-order valence-electron chi connectivity index (χ2n) is 5.59. The number of anilines is 1. The van der Waals surface area contributed by atoms with Crippen LogP contribution in [0.3, 0.4) is 0 Å². The molecule has 3 nitrogen and oxygen atoms in total. The Morgan fingerprint density at radius 2 is 1.62 bits per heavy atom. The molecule has 21 heavy (non-hydrogen) atoms. The van der Waals surface area contributed by atoms with E-state index < -0.39 is 0 Å². The molecule has 0 radical (unpaired) electrons. The van der Waals surface area contributed by atoms with Crippen molar-refractivity contribution in [2.75, 3.05) is 38.1 Å². The molecule has 1 heterocycles. The van der Waals surface area contributed by atoms with Gasteiger partial charge in [0.1, 0.15) is 6.29 Å². The van der Waals surface area contributed by atoms with E-state index in [2.05, 4.69) is 35.0 Å². The van der Waals surface area contributed by atoms with Crippen molar-refractivity contribution in [2.45, 2.75) is 0 Å². The number of hydrogen-bond donors (Lipinski definition) is 0. The predicted molar refractivity (Wildman–Crippen MR) is 87.0 cm³/mol. The van der Waals surface area contributed by atoms with Crippen molar-refractivity contribution >= 4 is 12.0 Å². The highest BCUT2D eigenvalue weighted by molar-refractivity contribution is 5.82. The van der Waals surface area contributed by atoms with Crippen LogP contribution in [0.15, 0.2) is 48.5 Å². The van der Waals surface area contributed by atoms with Gasteiger partial charge in [0.05, 0.1) is 0 Å². The molecule has 1 saturated heterocycles. The van der Waals surface area contributed by atoms with Gasteiger partial charge in [0.2, 0.25) is 0 Å². The van der Waals surface area contributed by atoms with Gasteiger partial charge in [-0.05, 0) is 36.4 Å². The Balaban J connectivity index is 1.96. The Morgan fingerprint density at radius 1 is 0.905 bits per heavy atom. The lowest BCUT2D eigenvalue weighted by Crippen LogP contribution is -2.44. The zero-order valence-corrected chi connectivity index (χ0v) is 12.3. The van der Waals surface area contributed by atoms with Crippen molar-refractivity contribution < 1.29 is 4.79 Å². The molecule has 3 rings (SSSR count). The summed E-state index contributed by atoms with van der Waals surface area (Å²) in [4.78, 5) is 15.9. The van der Waals surface area contributed by atoms with Crippen LogP contribution in [-0.4, -0.2) is 44.4 Å². The molecule has 2 aromatic rings. The lowest BCUT2D eigenvalue weighted by Gasteiger charge is -2.34. The number of hydrogen-bond acceptors (Lipinski definition) is 3. The van der Waals surface area contributed by atoms with Crippen molar-refractivity contribution in [1.29, 1.82) is 0 Å². The van der Waals surface area contributed by atoms with Crippen molar-refractivity contribution in [1.82, 2.24) is 4.90 Å². The maximum absolute atomic E-state index is 11.3. The van der Waals surface area contributed by atoms with E-state index in [4.69, 9.17) is 0 Å². The number of nitrogens with zero attached hydrogens (tertiary/aromatic N) is 2. The number of carbonyl (C=O) groups excluding carboxylic acids is 1. The summed E-state index contributed by atoms with van der Waals surface area (Å²) in [7, 11) is 2.15. The Bertz CT molecular complexity index is 616. The maximum atomic E-state index is 11.3. The number of likely N-dealkylation sites (N-methyl/N-ethyl adjacent to an activating group) is 1. The van der Waals surface area contributed by atoms with E-state index >= 15 is 0 Å². The first-order valence-electron chi connectivity index (χ1n) is 7.35. The van der Waals surface area contributed by atoms with Crippen LogP contribution in [0, 0.1) is 0 Å². The van der Waals surface area contributed by atoms with Crippen LogP contribution < -0.4 is 4.90 Å². The van der Waals surface area contributed by atoms with Gasteiger partial charge in [-0.3, -0.25) is 4.79 Å². The van der Waals surface area contributed by atoms with Crippen LogP contribution >= 0.6 is 0 Å². The van der Waals surface area contributed by atoms with Gasteiger partial charge in [-0.25, -0.2) is 0 Å². The Kier molecular flexibility index (Phi) is 4.02. The summed E-state index contributed by atoms with van der Waals surface area (Å²) in [5.74, 6) is 0. The monoisotopic (exact) mass is 280 g/mol. The lowest BCUT2D eigenvalue weighted by atomic mass is 10.0. The molecule has 0 bridgehead atoms. The normalized spacial score (nSPS) is 16.0. The van der Waals surface area contributed by atoms with Gasteiger partial charge in [-0.2, -0.15) is 0 Å². The van der Waals surface area contributed by atoms with Gasteiger partial charge < -0.3 is 9.80 Å². The van der Waals surface area contributed by atoms with E-state index in [-0.39, 0.29) is 0 Å². The minimum absolute atomic E-state index is 0.741. The topological polar surface area (TPSA) is 23.6 Å². The minimum atomic E-state index is 0.741. The first-order chi connectivity index (χ1) is 10.3. The Hall–Kier alpha value is -2.13. The first kappa shape index (κ1) is 13.8. The summed E-state index contributed by atoms with van der Waals surface area (Å²) >= 11 is 0. The van der Waals surface area contributed by atoms with E-state index in [1.807, 2.05) is 30.3 Å². The summed E-state index contributed by atoms with van der Waals surface area (Å²) in [5, 5.41) is 0. The second-order valence-corrected chi connectivity index (χ2v) is 5.59. The van der Waals surface area contributed by atoms with Crippen molar-refractivity contribution in [3.8, 4) is 11.1 Å². The number of aldehydes is 1. The van der Waals surface area contributed by atoms with E-state index in [1.165, 1.54) is 0 Å². The van der Waals surface area contributed by atoms with Gasteiger partial charge in [0.15, 0.2) is 0 Å². The summed E-state index contributed by atoms with van der Waals surface area (Å²) in [5.41, 5.74) is 4.14. The Labute approximate surface area is 125 Å². The van der Waals surface area contributed by atoms with E-state index in [9.17, 15) is 4.79 Å². The molecule has 0 atom stereocenters. The number of piperazine rings is 1. The fourth-order valence-electron chi connectivity index (χ4n) is 2.75. The zero-order chi connectivity index (χ0) is 14.7. The molecule has 0 saturated carbocycles. The Morgan fingerprint density at radius 3 is 2.29 bits per heavy atom. The third-order valence-corrected chi connectivity index (χ3v) is 4.05. The van der Waals surface area contributed by atoms with Crippen LogP contribution in [-0.2, 0) is 0 Å². The maximum Gasteiger partial charge on any atom is 0.150 e. The predicted octanol–water partition coefficient (Wildman–Crippen LogP) is 2.92. The fraction of sp³-hybridized carbons (Fsp3) is 0.278. The van der Waals surface area contributed by atoms with Gasteiger partial charge in [0, 0.05) is 37.4 Å². The molecule has 3 heteroatoms. The fourth-order valence-corrected chi connectivity index (χ4v) is 2.75. The van der Waals surface area contributed by atoms with Gasteiger partial charge in [-0.15, -0.1) is 0 Å². The largest absolute Gasteiger partial charge is 0.369 e. The standard InChI is InChI=1S/C18H20N2O/c1-19-7-9-20(10-8-19)18-12-15(14-21)11-17(13-18)16-5-3-2-4-6-16/h2-6,11-14H,7-10H2,1H3. The molecule has 108 valence electrons. The molecule has 1 aliphatic heterocycles. The smallest absolute Gasteiger partial charge is 0.150 e. The summed E-state index contributed by atoms with van der Waals surface area (Å²) in [6.45, 7) is 4.14. The van der Waals surface area contributed by atoms with E-state index in [1.54, 1.807) is 0 Å². The minimum Gasteiger partial charge on any atom is -0.369 e. The van der Waals surface area contributed by atoms with Crippen LogP contribution in [0.1, 0.15) is 10.4 Å². The number of benzene rings is 2. The third kappa shape index (κ3) is 3.14. The van der Waals surface area contributed by atoms with E-state index in [0.29, 0.717) is 0 Å². The molecule has 0 aromatic heterocycles. The van der Waals surface area contributed by atoms with Gasteiger partial charge in [-0.1, -0.05) is 30.3 Å². The highest BCUT2D eigenvalue weighted by atomic mass is 16.1. The molecular formula is C18H20N2O. The van der Waals surface area contributed by atoms with Crippen molar-refractivity contribution in [3.05, 3.63) is 54.1 Å². The van der Waals surface area contributed by atoms with Crippen LogP contribution in [0.25, 0.3) is 11.1 Å². The van der Waals surface area contributed by atoms with Crippen LogP contribution in [0.2, 0.25) is 0 Å². The van der Waals surface area contributed by atoms with Crippen LogP contribution in [0.5, 0.6) is 0 Å². The van der Waals surface area contributed by atoms with E-state index in [0.717, 1.165) is 54.8 Å². The molecule has 0 N–H and O–H groups in total. The molecular weight excluding hydrogens is 260 g/mol. The second kappa shape index (κ2) is 6.10.